The summed E-state index contributed by atoms with van der Waals surface area (Å²) in [6.45, 7) is 11.2. The molecule has 0 spiro atoms. The molecule has 0 amide bonds. The first-order valence-corrected chi connectivity index (χ1v) is 9.06. The van der Waals surface area contributed by atoms with Crippen LogP contribution in [0.1, 0.15) is 34.1 Å². The van der Waals surface area contributed by atoms with Gasteiger partial charge in [-0.3, -0.25) is 0 Å². The molecule has 0 bridgehead atoms. The first kappa shape index (κ1) is 17.1. The Hall–Kier alpha value is -0.250. The second-order valence-corrected chi connectivity index (χ2v) is 7.78. The molecule has 1 fully saturated rings. The van der Waals surface area contributed by atoms with Crippen molar-refractivity contribution in [3.05, 3.63) is 27.7 Å². The van der Waals surface area contributed by atoms with E-state index in [9.17, 15) is 0 Å². The molecule has 2 nitrogen and oxygen atoms in total. The summed E-state index contributed by atoms with van der Waals surface area (Å²) < 4.78 is 1.09. The van der Waals surface area contributed by atoms with E-state index >= 15 is 0 Å². The second kappa shape index (κ2) is 7.34. The van der Waals surface area contributed by atoms with Gasteiger partial charge in [0.1, 0.15) is 0 Å². The Morgan fingerprint density at radius 3 is 2.71 bits per heavy atom. The SMILES string of the molecule is CCC(C)C1CN(c2cc(Br)ccc2Cl)C(C(C)C)CN1. The van der Waals surface area contributed by atoms with Crippen LogP contribution in [0.3, 0.4) is 0 Å². The number of piperazine rings is 1. The minimum Gasteiger partial charge on any atom is -0.364 e. The molecule has 1 aliphatic rings. The lowest BCUT2D eigenvalue weighted by Crippen LogP contribution is -2.60. The average Bonchev–Trinajstić information content (AvgIpc) is 2.48. The second-order valence-electron chi connectivity index (χ2n) is 6.46. The van der Waals surface area contributed by atoms with E-state index in [2.05, 4.69) is 59.9 Å². The number of hydrogen-bond donors (Lipinski definition) is 1. The van der Waals surface area contributed by atoms with Crippen LogP contribution in [0.4, 0.5) is 5.69 Å². The maximum absolute atomic E-state index is 6.48. The number of nitrogens with zero attached hydrogens (tertiary/aromatic N) is 1. The molecule has 1 aromatic carbocycles. The van der Waals surface area contributed by atoms with Crippen LogP contribution in [0.5, 0.6) is 0 Å². The van der Waals surface area contributed by atoms with Crippen LogP contribution in [0.2, 0.25) is 5.02 Å². The number of anilines is 1. The van der Waals surface area contributed by atoms with Crippen LogP contribution in [-0.2, 0) is 0 Å². The summed E-state index contributed by atoms with van der Waals surface area (Å²) in [5.74, 6) is 1.26. The zero-order valence-corrected chi connectivity index (χ0v) is 15.7. The van der Waals surface area contributed by atoms with Gasteiger partial charge in [-0.1, -0.05) is 61.6 Å². The van der Waals surface area contributed by atoms with Crippen molar-refractivity contribution in [2.75, 3.05) is 18.0 Å². The highest BCUT2D eigenvalue weighted by Crippen LogP contribution is 2.34. The lowest BCUT2D eigenvalue weighted by Gasteiger charge is -2.45. The van der Waals surface area contributed by atoms with E-state index in [1.54, 1.807) is 0 Å². The first-order valence-electron chi connectivity index (χ1n) is 7.89. The predicted octanol–water partition coefficient (Wildman–Crippen LogP) is 4.95. The normalized spacial score (nSPS) is 24.4. The molecule has 1 aliphatic heterocycles. The Bertz CT molecular complexity index is 478. The third-order valence-electron chi connectivity index (χ3n) is 4.70. The van der Waals surface area contributed by atoms with Crippen LogP contribution in [0.15, 0.2) is 22.7 Å². The number of halogens is 2. The summed E-state index contributed by atoms with van der Waals surface area (Å²) in [5.41, 5.74) is 1.15. The average molecular weight is 374 g/mol. The Morgan fingerprint density at radius 1 is 1.38 bits per heavy atom. The predicted molar refractivity (Wildman–Crippen MR) is 96.4 cm³/mol. The van der Waals surface area contributed by atoms with Crippen LogP contribution in [0, 0.1) is 11.8 Å². The quantitative estimate of drug-likeness (QED) is 0.803. The molecule has 21 heavy (non-hydrogen) atoms. The molecule has 4 heteroatoms. The fraction of sp³-hybridized carbons (Fsp3) is 0.647. The van der Waals surface area contributed by atoms with Crippen molar-refractivity contribution < 1.29 is 0 Å². The van der Waals surface area contributed by atoms with E-state index < -0.39 is 0 Å². The lowest BCUT2D eigenvalue weighted by atomic mass is 9.91. The van der Waals surface area contributed by atoms with Gasteiger partial charge in [0, 0.05) is 29.6 Å². The van der Waals surface area contributed by atoms with E-state index in [1.165, 1.54) is 6.42 Å². The maximum Gasteiger partial charge on any atom is 0.0640 e. The van der Waals surface area contributed by atoms with Gasteiger partial charge in [0.25, 0.3) is 0 Å². The summed E-state index contributed by atoms with van der Waals surface area (Å²) in [7, 11) is 0. The van der Waals surface area contributed by atoms with Gasteiger partial charge in [-0.2, -0.15) is 0 Å². The van der Waals surface area contributed by atoms with E-state index in [1.807, 2.05) is 12.1 Å². The highest BCUT2D eigenvalue weighted by atomic mass is 79.9. The standard InChI is InChI=1S/C17H26BrClN2/c1-5-12(4)15-10-21(17(9-20-15)11(2)3)16-8-13(18)6-7-14(16)19/h6-8,11-12,15,17,20H,5,9-10H2,1-4H3. The lowest BCUT2D eigenvalue weighted by molar-refractivity contribution is 0.281. The van der Waals surface area contributed by atoms with Gasteiger partial charge in [-0.05, 0) is 30.0 Å². The molecule has 0 aromatic heterocycles. The van der Waals surface area contributed by atoms with E-state index in [0.29, 0.717) is 23.9 Å². The highest BCUT2D eigenvalue weighted by molar-refractivity contribution is 9.10. The molecule has 1 aromatic rings. The number of nitrogens with one attached hydrogen (secondary N) is 1. The first-order chi connectivity index (χ1) is 9.93. The summed E-state index contributed by atoms with van der Waals surface area (Å²) in [5, 5.41) is 4.58. The van der Waals surface area contributed by atoms with Crippen molar-refractivity contribution in [2.24, 2.45) is 11.8 Å². The highest BCUT2D eigenvalue weighted by Gasteiger charge is 2.32. The van der Waals surface area contributed by atoms with Gasteiger partial charge in [-0.25, -0.2) is 0 Å². The van der Waals surface area contributed by atoms with Gasteiger partial charge >= 0.3 is 0 Å². The van der Waals surface area contributed by atoms with Gasteiger partial charge < -0.3 is 10.2 Å². The molecular weight excluding hydrogens is 348 g/mol. The minimum absolute atomic E-state index is 0.483. The molecule has 1 saturated heterocycles. The van der Waals surface area contributed by atoms with Crippen molar-refractivity contribution in [3.63, 3.8) is 0 Å². The van der Waals surface area contributed by atoms with Crippen molar-refractivity contribution in [3.8, 4) is 0 Å². The Morgan fingerprint density at radius 2 is 2.10 bits per heavy atom. The van der Waals surface area contributed by atoms with E-state index in [0.717, 1.165) is 28.3 Å². The summed E-state index contributed by atoms with van der Waals surface area (Å²) in [6, 6.07) is 7.15. The largest absolute Gasteiger partial charge is 0.364 e. The third-order valence-corrected chi connectivity index (χ3v) is 5.51. The molecule has 0 aliphatic carbocycles. The van der Waals surface area contributed by atoms with Crippen LogP contribution >= 0.6 is 27.5 Å². The Kier molecular flexibility index (Phi) is 5.98. The van der Waals surface area contributed by atoms with E-state index in [4.69, 9.17) is 11.6 Å². The molecule has 2 rings (SSSR count). The fourth-order valence-electron chi connectivity index (χ4n) is 3.04. The number of rotatable bonds is 4. The zero-order chi connectivity index (χ0) is 15.6. The Labute approximate surface area is 142 Å². The topological polar surface area (TPSA) is 15.3 Å². The maximum atomic E-state index is 6.48. The monoisotopic (exact) mass is 372 g/mol. The van der Waals surface area contributed by atoms with Gasteiger partial charge in [0.2, 0.25) is 0 Å². The minimum atomic E-state index is 0.483. The smallest absolute Gasteiger partial charge is 0.0640 e. The van der Waals surface area contributed by atoms with Crippen LogP contribution in [-0.4, -0.2) is 25.2 Å². The third kappa shape index (κ3) is 3.94. The van der Waals surface area contributed by atoms with Gasteiger partial charge in [0.05, 0.1) is 10.7 Å². The molecular formula is C17H26BrClN2. The zero-order valence-electron chi connectivity index (χ0n) is 13.4. The summed E-state index contributed by atoms with van der Waals surface area (Å²) in [4.78, 5) is 2.51. The Balaban J connectivity index is 2.31. The molecule has 0 saturated carbocycles. The van der Waals surface area contributed by atoms with Crippen LogP contribution < -0.4 is 10.2 Å². The molecule has 1 heterocycles. The van der Waals surface area contributed by atoms with Gasteiger partial charge in [-0.15, -0.1) is 0 Å². The summed E-state index contributed by atoms with van der Waals surface area (Å²) in [6.07, 6.45) is 1.20. The number of benzene rings is 1. The van der Waals surface area contributed by atoms with Crippen molar-refractivity contribution in [1.29, 1.82) is 0 Å². The van der Waals surface area contributed by atoms with Crippen molar-refractivity contribution in [2.45, 2.75) is 46.2 Å². The summed E-state index contributed by atoms with van der Waals surface area (Å²) >= 11 is 10.1. The molecule has 0 radical (unpaired) electrons. The molecule has 1 N–H and O–H groups in total. The van der Waals surface area contributed by atoms with Crippen LogP contribution in [0.25, 0.3) is 0 Å². The van der Waals surface area contributed by atoms with Crippen molar-refractivity contribution in [1.82, 2.24) is 5.32 Å². The fourth-order valence-corrected chi connectivity index (χ4v) is 3.61. The molecule has 3 unspecified atom stereocenters. The number of hydrogen-bond acceptors (Lipinski definition) is 2. The molecule has 3 atom stereocenters. The molecule has 118 valence electrons. The van der Waals surface area contributed by atoms with Gasteiger partial charge in [0.15, 0.2) is 0 Å². The van der Waals surface area contributed by atoms with Crippen molar-refractivity contribution >= 4 is 33.2 Å². The van der Waals surface area contributed by atoms with E-state index in [-0.39, 0.29) is 0 Å².